The van der Waals surface area contributed by atoms with E-state index in [1.54, 1.807) is 0 Å². The van der Waals surface area contributed by atoms with Crippen molar-refractivity contribution in [3.05, 3.63) is 0 Å². The predicted octanol–water partition coefficient (Wildman–Crippen LogP) is 0.758. The van der Waals surface area contributed by atoms with Crippen molar-refractivity contribution in [2.24, 2.45) is 5.92 Å². The third kappa shape index (κ3) is 1.98. The molecule has 1 heterocycles. The Labute approximate surface area is 57.8 Å². The van der Waals surface area contributed by atoms with E-state index < -0.39 is 0 Å². The summed E-state index contributed by atoms with van der Waals surface area (Å²) in [6.07, 6.45) is 4.33. The van der Waals surface area contributed by atoms with Crippen molar-refractivity contribution < 1.29 is 5.32 Å². The Morgan fingerprint density at radius 3 is 2.44 bits per heavy atom. The van der Waals surface area contributed by atoms with E-state index in [0.717, 1.165) is 12.0 Å². The van der Waals surface area contributed by atoms with Gasteiger partial charge in [-0.15, -0.1) is 0 Å². The summed E-state index contributed by atoms with van der Waals surface area (Å²) in [4.78, 5) is 0. The lowest BCUT2D eigenvalue weighted by molar-refractivity contribution is -0.703. The van der Waals surface area contributed by atoms with Crippen molar-refractivity contribution in [1.82, 2.24) is 0 Å². The van der Waals surface area contributed by atoms with Gasteiger partial charge >= 0.3 is 0 Å². The quantitative estimate of drug-likeness (QED) is 0.537. The van der Waals surface area contributed by atoms with Gasteiger partial charge < -0.3 is 5.32 Å². The highest BCUT2D eigenvalue weighted by Crippen LogP contribution is 2.08. The lowest BCUT2D eigenvalue weighted by Crippen LogP contribution is -2.92. The number of hydrogen-bond acceptors (Lipinski definition) is 0. The first-order chi connectivity index (χ1) is 4.30. The molecule has 0 unspecified atom stereocenters. The molecule has 1 saturated heterocycles. The Bertz CT molecular complexity index is 72.6. The second-order valence-electron chi connectivity index (χ2n) is 3.43. The molecule has 9 heavy (non-hydrogen) atoms. The maximum atomic E-state index is 2.51. The van der Waals surface area contributed by atoms with Gasteiger partial charge in [0, 0.05) is 5.92 Å². The van der Waals surface area contributed by atoms with E-state index in [9.17, 15) is 0 Å². The molecule has 0 saturated carbocycles. The van der Waals surface area contributed by atoms with Crippen molar-refractivity contribution in [2.75, 3.05) is 6.54 Å². The summed E-state index contributed by atoms with van der Waals surface area (Å²) in [6, 6.07) is 0.929. The van der Waals surface area contributed by atoms with E-state index in [1.165, 1.54) is 25.8 Å². The van der Waals surface area contributed by atoms with Crippen LogP contribution >= 0.6 is 0 Å². The summed E-state index contributed by atoms with van der Waals surface area (Å²) < 4.78 is 0. The van der Waals surface area contributed by atoms with E-state index in [1.807, 2.05) is 0 Å². The van der Waals surface area contributed by atoms with Crippen molar-refractivity contribution in [1.29, 1.82) is 0 Å². The van der Waals surface area contributed by atoms with E-state index >= 15 is 0 Å². The van der Waals surface area contributed by atoms with Crippen LogP contribution in [-0.2, 0) is 0 Å². The van der Waals surface area contributed by atoms with Gasteiger partial charge in [0.1, 0.15) is 0 Å². The summed E-state index contributed by atoms with van der Waals surface area (Å²) in [5.74, 6) is 0.880. The molecule has 0 aromatic carbocycles. The van der Waals surface area contributed by atoms with Crippen LogP contribution in [0.5, 0.6) is 0 Å². The minimum Gasteiger partial charge on any atom is -0.344 e. The van der Waals surface area contributed by atoms with Crippen LogP contribution in [-0.4, -0.2) is 12.6 Å². The number of quaternary nitrogens is 1. The Balaban J connectivity index is 2.23. The molecule has 1 aliphatic rings. The molecule has 1 atom stereocenters. The van der Waals surface area contributed by atoms with Gasteiger partial charge in [0.25, 0.3) is 0 Å². The summed E-state index contributed by atoms with van der Waals surface area (Å²) in [6.45, 7) is 6.02. The van der Waals surface area contributed by atoms with Crippen LogP contribution in [0, 0.1) is 5.92 Å². The molecule has 54 valence electrons. The normalized spacial score (nSPS) is 29.0. The minimum absolute atomic E-state index is 0.880. The Kier molecular flexibility index (Phi) is 2.52. The van der Waals surface area contributed by atoms with E-state index in [-0.39, 0.29) is 0 Å². The molecule has 1 fully saturated rings. The summed E-state index contributed by atoms with van der Waals surface area (Å²) >= 11 is 0. The SMILES string of the molecule is CC(C)[C@H]1CCCC[NH2+]1. The fraction of sp³-hybridized carbons (Fsp3) is 1.00. The van der Waals surface area contributed by atoms with E-state index in [0.29, 0.717) is 0 Å². The average molecular weight is 128 g/mol. The van der Waals surface area contributed by atoms with Crippen LogP contribution in [0.3, 0.4) is 0 Å². The molecular formula is C8H18N+. The number of hydrogen-bond donors (Lipinski definition) is 1. The molecule has 0 amide bonds. The summed E-state index contributed by atoms with van der Waals surface area (Å²) in [5, 5.41) is 2.51. The molecule has 0 spiro atoms. The lowest BCUT2D eigenvalue weighted by atomic mass is 9.95. The van der Waals surface area contributed by atoms with Gasteiger partial charge in [0.05, 0.1) is 12.6 Å². The van der Waals surface area contributed by atoms with Crippen molar-refractivity contribution in [3.8, 4) is 0 Å². The van der Waals surface area contributed by atoms with Gasteiger partial charge in [-0.1, -0.05) is 13.8 Å². The number of rotatable bonds is 1. The molecule has 0 aromatic heterocycles. The van der Waals surface area contributed by atoms with Crippen LogP contribution in [0.15, 0.2) is 0 Å². The van der Waals surface area contributed by atoms with Crippen LogP contribution in [0.1, 0.15) is 33.1 Å². The Morgan fingerprint density at radius 2 is 2.11 bits per heavy atom. The number of piperidine rings is 1. The molecule has 1 nitrogen and oxygen atoms in total. The van der Waals surface area contributed by atoms with Gasteiger partial charge in [0.15, 0.2) is 0 Å². The third-order valence-electron chi connectivity index (χ3n) is 2.32. The lowest BCUT2D eigenvalue weighted by Gasteiger charge is -2.22. The zero-order valence-corrected chi connectivity index (χ0v) is 6.56. The number of nitrogens with two attached hydrogens (primary N) is 1. The highest BCUT2D eigenvalue weighted by Gasteiger charge is 2.18. The maximum absolute atomic E-state index is 2.51. The summed E-state index contributed by atoms with van der Waals surface area (Å²) in [7, 11) is 0. The molecule has 2 N–H and O–H groups in total. The minimum atomic E-state index is 0.880. The van der Waals surface area contributed by atoms with Crippen LogP contribution < -0.4 is 5.32 Å². The van der Waals surface area contributed by atoms with Gasteiger partial charge in [-0.05, 0) is 19.3 Å². The third-order valence-corrected chi connectivity index (χ3v) is 2.32. The van der Waals surface area contributed by atoms with E-state index in [2.05, 4.69) is 19.2 Å². The zero-order valence-electron chi connectivity index (χ0n) is 6.56. The predicted molar refractivity (Wildman–Crippen MR) is 39.3 cm³/mol. The van der Waals surface area contributed by atoms with Crippen molar-refractivity contribution in [2.45, 2.75) is 39.2 Å². The molecule has 0 bridgehead atoms. The van der Waals surface area contributed by atoms with Gasteiger partial charge in [-0.3, -0.25) is 0 Å². The largest absolute Gasteiger partial charge is 0.344 e. The standard InChI is InChI=1S/C8H17N/c1-7(2)8-5-3-4-6-9-8/h7-9H,3-6H2,1-2H3/p+1/t8-/m1/s1. The Hall–Kier alpha value is -0.0400. The molecule has 0 aromatic rings. The molecule has 0 aliphatic carbocycles. The first-order valence-corrected chi connectivity index (χ1v) is 4.14. The highest BCUT2D eigenvalue weighted by molar-refractivity contribution is 4.61. The van der Waals surface area contributed by atoms with Crippen LogP contribution in [0.4, 0.5) is 0 Å². The van der Waals surface area contributed by atoms with Crippen LogP contribution in [0.25, 0.3) is 0 Å². The van der Waals surface area contributed by atoms with Crippen molar-refractivity contribution in [3.63, 3.8) is 0 Å². The fourth-order valence-corrected chi connectivity index (χ4v) is 1.58. The van der Waals surface area contributed by atoms with Gasteiger partial charge in [0.2, 0.25) is 0 Å². The second-order valence-corrected chi connectivity index (χ2v) is 3.43. The van der Waals surface area contributed by atoms with Crippen LogP contribution in [0.2, 0.25) is 0 Å². The van der Waals surface area contributed by atoms with Gasteiger partial charge in [-0.2, -0.15) is 0 Å². The smallest absolute Gasteiger partial charge is 0.0882 e. The molecule has 1 aliphatic heterocycles. The topological polar surface area (TPSA) is 16.6 Å². The molecule has 0 radical (unpaired) electrons. The fourth-order valence-electron chi connectivity index (χ4n) is 1.58. The van der Waals surface area contributed by atoms with Gasteiger partial charge in [-0.25, -0.2) is 0 Å². The first kappa shape index (κ1) is 7.07. The molecule has 1 heteroatoms. The molecular weight excluding hydrogens is 110 g/mol. The molecule has 1 rings (SSSR count). The highest BCUT2D eigenvalue weighted by atomic mass is 14.9. The summed E-state index contributed by atoms with van der Waals surface area (Å²) in [5.41, 5.74) is 0. The van der Waals surface area contributed by atoms with Crippen molar-refractivity contribution >= 4 is 0 Å². The Morgan fingerprint density at radius 1 is 1.33 bits per heavy atom. The maximum Gasteiger partial charge on any atom is 0.0882 e. The average Bonchev–Trinajstić information content (AvgIpc) is 1.90. The monoisotopic (exact) mass is 128 g/mol. The van der Waals surface area contributed by atoms with E-state index in [4.69, 9.17) is 0 Å². The zero-order chi connectivity index (χ0) is 6.69. The second kappa shape index (κ2) is 3.21. The first-order valence-electron chi connectivity index (χ1n) is 4.14.